The van der Waals surface area contributed by atoms with Gasteiger partial charge >= 0.3 is 0 Å². The van der Waals surface area contributed by atoms with Crippen molar-refractivity contribution >= 4 is 23.6 Å². The SMILES string of the molecule is Cc1nn(-c2ccccc2)c(Cl)c1/C=C/C(=O)NC1(c2ccc(F)cc2)CCOCC1. The van der Waals surface area contributed by atoms with Crippen LogP contribution in [0.3, 0.4) is 0 Å². The summed E-state index contributed by atoms with van der Waals surface area (Å²) in [7, 11) is 0. The topological polar surface area (TPSA) is 56.2 Å². The van der Waals surface area contributed by atoms with Crippen molar-refractivity contribution in [2.75, 3.05) is 13.2 Å². The first-order chi connectivity index (χ1) is 15.0. The molecular formula is C24H23ClFN3O2. The van der Waals surface area contributed by atoms with Crippen LogP contribution in [-0.4, -0.2) is 28.9 Å². The minimum absolute atomic E-state index is 0.255. The van der Waals surface area contributed by atoms with Crippen molar-refractivity contribution in [1.29, 1.82) is 0 Å². The Bertz CT molecular complexity index is 1090. The highest BCUT2D eigenvalue weighted by Crippen LogP contribution is 2.32. The minimum Gasteiger partial charge on any atom is -0.381 e. The molecule has 7 heteroatoms. The van der Waals surface area contributed by atoms with Gasteiger partial charge in [-0.05, 0) is 55.7 Å². The van der Waals surface area contributed by atoms with E-state index in [1.54, 1.807) is 22.9 Å². The number of ether oxygens (including phenoxy) is 1. The molecule has 2 aromatic carbocycles. The Labute approximate surface area is 185 Å². The van der Waals surface area contributed by atoms with Crippen molar-refractivity contribution in [1.82, 2.24) is 15.1 Å². The lowest BCUT2D eigenvalue weighted by atomic mass is 9.82. The fraction of sp³-hybridized carbons (Fsp3) is 0.250. The molecule has 0 unspecified atom stereocenters. The Morgan fingerprint density at radius 2 is 1.84 bits per heavy atom. The fourth-order valence-electron chi connectivity index (χ4n) is 3.85. The zero-order valence-electron chi connectivity index (χ0n) is 17.1. The molecule has 5 nitrogen and oxygen atoms in total. The van der Waals surface area contributed by atoms with Gasteiger partial charge in [-0.2, -0.15) is 5.10 Å². The van der Waals surface area contributed by atoms with Crippen molar-refractivity contribution in [3.63, 3.8) is 0 Å². The first-order valence-corrected chi connectivity index (χ1v) is 10.5. The molecule has 0 saturated carbocycles. The number of rotatable bonds is 5. The average Bonchev–Trinajstić information content (AvgIpc) is 3.07. The van der Waals surface area contributed by atoms with E-state index in [0.717, 1.165) is 16.9 Å². The van der Waals surface area contributed by atoms with E-state index in [-0.39, 0.29) is 11.7 Å². The normalized spacial score (nSPS) is 15.8. The van der Waals surface area contributed by atoms with Crippen LogP contribution in [0.25, 0.3) is 11.8 Å². The summed E-state index contributed by atoms with van der Waals surface area (Å²) in [6.45, 7) is 2.90. The van der Waals surface area contributed by atoms with Crippen LogP contribution >= 0.6 is 11.6 Å². The quantitative estimate of drug-likeness (QED) is 0.580. The van der Waals surface area contributed by atoms with E-state index in [2.05, 4.69) is 10.4 Å². The van der Waals surface area contributed by atoms with Crippen molar-refractivity contribution in [3.05, 3.63) is 88.5 Å². The molecular weight excluding hydrogens is 417 g/mol. The van der Waals surface area contributed by atoms with Crippen molar-refractivity contribution < 1.29 is 13.9 Å². The molecule has 0 atom stereocenters. The number of aryl methyl sites for hydroxylation is 1. The van der Waals surface area contributed by atoms with E-state index in [4.69, 9.17) is 16.3 Å². The Hall–Kier alpha value is -2.96. The van der Waals surface area contributed by atoms with Gasteiger partial charge in [0.15, 0.2) is 0 Å². The number of halogens is 2. The second kappa shape index (κ2) is 9.04. The van der Waals surface area contributed by atoms with E-state index < -0.39 is 5.54 Å². The lowest BCUT2D eigenvalue weighted by molar-refractivity contribution is -0.119. The van der Waals surface area contributed by atoms with Gasteiger partial charge in [0.05, 0.1) is 16.9 Å². The Morgan fingerprint density at radius 1 is 1.16 bits per heavy atom. The summed E-state index contributed by atoms with van der Waals surface area (Å²) in [6, 6.07) is 15.8. The summed E-state index contributed by atoms with van der Waals surface area (Å²) < 4.78 is 20.5. The Kier molecular flexibility index (Phi) is 6.20. The van der Waals surface area contributed by atoms with Crippen LogP contribution in [0.2, 0.25) is 5.15 Å². The van der Waals surface area contributed by atoms with Crippen LogP contribution in [0.15, 0.2) is 60.7 Å². The molecule has 1 aliphatic rings. The zero-order valence-corrected chi connectivity index (χ0v) is 17.9. The number of benzene rings is 2. The van der Waals surface area contributed by atoms with E-state index in [1.807, 2.05) is 37.3 Å². The molecule has 0 radical (unpaired) electrons. The van der Waals surface area contributed by atoms with E-state index in [1.165, 1.54) is 18.2 Å². The summed E-state index contributed by atoms with van der Waals surface area (Å²) in [5.74, 6) is -0.563. The maximum Gasteiger partial charge on any atom is 0.244 e. The van der Waals surface area contributed by atoms with Crippen molar-refractivity contribution in [2.24, 2.45) is 0 Å². The summed E-state index contributed by atoms with van der Waals surface area (Å²) in [5, 5.41) is 8.05. The molecule has 0 aliphatic carbocycles. The average molecular weight is 440 g/mol. The Balaban J connectivity index is 1.56. The number of amides is 1. The maximum absolute atomic E-state index is 13.4. The highest BCUT2D eigenvalue weighted by molar-refractivity contribution is 6.31. The number of para-hydroxylation sites is 1. The van der Waals surface area contributed by atoms with Gasteiger partial charge in [-0.1, -0.05) is 41.9 Å². The standard InChI is InChI=1S/C24H23ClFN3O2/c1-17-21(23(25)29(28-17)20-5-3-2-4-6-20)11-12-22(30)27-24(13-15-31-16-14-24)18-7-9-19(26)10-8-18/h2-12H,13-16H2,1H3,(H,27,30)/b12-11+. The van der Waals surface area contributed by atoms with Crippen molar-refractivity contribution in [2.45, 2.75) is 25.3 Å². The molecule has 31 heavy (non-hydrogen) atoms. The highest BCUT2D eigenvalue weighted by atomic mass is 35.5. The molecule has 1 N–H and O–H groups in total. The molecule has 1 amide bonds. The van der Waals surface area contributed by atoms with Gasteiger partial charge in [-0.25, -0.2) is 9.07 Å². The highest BCUT2D eigenvalue weighted by Gasteiger charge is 2.35. The molecule has 1 fully saturated rings. The van der Waals surface area contributed by atoms with Gasteiger partial charge in [0.25, 0.3) is 0 Å². The molecule has 4 rings (SSSR count). The number of aromatic nitrogens is 2. The van der Waals surface area contributed by atoms with Crippen LogP contribution < -0.4 is 5.32 Å². The minimum atomic E-state index is -0.597. The maximum atomic E-state index is 13.4. The van der Waals surface area contributed by atoms with Crippen LogP contribution in [0, 0.1) is 12.7 Å². The molecule has 1 aromatic heterocycles. The molecule has 2 heterocycles. The van der Waals surface area contributed by atoms with Gasteiger partial charge in [0.2, 0.25) is 5.91 Å². The van der Waals surface area contributed by atoms with Crippen LogP contribution in [0.4, 0.5) is 4.39 Å². The number of nitrogens with zero attached hydrogens (tertiary/aromatic N) is 2. The molecule has 0 spiro atoms. The summed E-state index contributed by atoms with van der Waals surface area (Å²) >= 11 is 6.54. The smallest absolute Gasteiger partial charge is 0.244 e. The van der Waals surface area contributed by atoms with E-state index in [9.17, 15) is 9.18 Å². The fourth-order valence-corrected chi connectivity index (χ4v) is 4.19. The lowest BCUT2D eigenvalue weighted by Gasteiger charge is -2.38. The van der Waals surface area contributed by atoms with Crippen LogP contribution in [0.1, 0.15) is 29.7 Å². The van der Waals surface area contributed by atoms with Gasteiger partial charge in [0, 0.05) is 24.9 Å². The van der Waals surface area contributed by atoms with Crippen LogP contribution in [0.5, 0.6) is 0 Å². The van der Waals surface area contributed by atoms with Crippen LogP contribution in [-0.2, 0) is 15.1 Å². The second-order valence-corrected chi connectivity index (χ2v) is 7.92. The Morgan fingerprint density at radius 3 is 2.52 bits per heavy atom. The molecule has 3 aromatic rings. The third kappa shape index (κ3) is 4.55. The van der Waals surface area contributed by atoms with E-state index >= 15 is 0 Å². The predicted molar refractivity (Wildman–Crippen MR) is 119 cm³/mol. The van der Waals surface area contributed by atoms with Gasteiger partial charge in [-0.15, -0.1) is 0 Å². The van der Waals surface area contributed by atoms with Gasteiger partial charge < -0.3 is 10.1 Å². The zero-order chi connectivity index (χ0) is 21.8. The van der Waals surface area contributed by atoms with E-state index in [0.29, 0.717) is 36.8 Å². The number of carbonyl (C=O) groups is 1. The number of hydrogen-bond donors (Lipinski definition) is 1. The molecule has 1 aliphatic heterocycles. The van der Waals surface area contributed by atoms with Gasteiger partial charge in [-0.3, -0.25) is 4.79 Å². The third-order valence-electron chi connectivity index (χ3n) is 5.56. The summed E-state index contributed by atoms with van der Waals surface area (Å²) in [6.07, 6.45) is 4.37. The first-order valence-electron chi connectivity index (χ1n) is 10.1. The monoisotopic (exact) mass is 439 g/mol. The third-order valence-corrected chi connectivity index (χ3v) is 5.92. The summed E-state index contributed by atoms with van der Waals surface area (Å²) in [4.78, 5) is 12.8. The first kappa shape index (κ1) is 21.3. The summed E-state index contributed by atoms with van der Waals surface area (Å²) in [5.41, 5.74) is 2.52. The predicted octanol–water partition coefficient (Wildman–Crippen LogP) is 4.81. The molecule has 0 bridgehead atoms. The number of nitrogens with one attached hydrogen (secondary N) is 1. The molecule has 160 valence electrons. The number of hydrogen-bond acceptors (Lipinski definition) is 3. The largest absolute Gasteiger partial charge is 0.381 e. The lowest BCUT2D eigenvalue weighted by Crippen LogP contribution is -2.49. The van der Waals surface area contributed by atoms with Gasteiger partial charge in [0.1, 0.15) is 11.0 Å². The second-order valence-electron chi connectivity index (χ2n) is 7.56. The van der Waals surface area contributed by atoms with Crippen molar-refractivity contribution in [3.8, 4) is 5.69 Å². The molecule has 1 saturated heterocycles. The number of carbonyl (C=O) groups excluding carboxylic acids is 1.